The number of aryl methyl sites for hydroxylation is 1. The van der Waals surface area contributed by atoms with Crippen molar-refractivity contribution >= 4 is 38.7 Å². The Morgan fingerprint density at radius 1 is 1.23 bits per heavy atom. The lowest BCUT2D eigenvalue weighted by Crippen LogP contribution is -2.30. The third-order valence-electron chi connectivity index (χ3n) is 5.09. The van der Waals surface area contributed by atoms with Gasteiger partial charge in [0.25, 0.3) is 5.91 Å². The van der Waals surface area contributed by atoms with Crippen molar-refractivity contribution in [3.63, 3.8) is 0 Å². The van der Waals surface area contributed by atoms with Crippen molar-refractivity contribution in [2.45, 2.75) is 31.2 Å². The summed E-state index contributed by atoms with van der Waals surface area (Å²) >= 11 is 1.69. The SMILES string of the molecule is CNS(=O)(=O)c1cc(C(=O)NC(CCSC)c2nc3ccccc3[nH]2)cc(C)c1C. The first-order chi connectivity index (χ1) is 14.3. The van der Waals surface area contributed by atoms with Crippen LogP contribution in [-0.2, 0) is 10.0 Å². The number of nitrogens with zero attached hydrogens (tertiary/aromatic N) is 1. The summed E-state index contributed by atoms with van der Waals surface area (Å²) in [6.45, 7) is 3.53. The average molecular weight is 447 g/mol. The molecule has 0 aliphatic rings. The third kappa shape index (κ3) is 4.69. The molecule has 0 spiro atoms. The van der Waals surface area contributed by atoms with Crippen LogP contribution in [0.25, 0.3) is 11.0 Å². The molecule has 0 saturated carbocycles. The van der Waals surface area contributed by atoms with Crippen molar-refractivity contribution in [2.75, 3.05) is 19.1 Å². The monoisotopic (exact) mass is 446 g/mol. The second-order valence-corrected chi connectivity index (χ2v) is 9.91. The summed E-state index contributed by atoms with van der Waals surface area (Å²) in [5.41, 5.74) is 3.41. The van der Waals surface area contributed by atoms with Crippen molar-refractivity contribution in [1.29, 1.82) is 0 Å². The number of thioether (sulfide) groups is 1. The summed E-state index contributed by atoms with van der Waals surface area (Å²) in [5.74, 6) is 1.19. The molecule has 0 bridgehead atoms. The van der Waals surface area contributed by atoms with Gasteiger partial charge in [-0.15, -0.1) is 0 Å². The minimum Gasteiger partial charge on any atom is -0.342 e. The zero-order valence-corrected chi connectivity index (χ0v) is 19.1. The molecule has 160 valence electrons. The molecule has 3 aromatic rings. The molecule has 1 unspecified atom stereocenters. The maximum Gasteiger partial charge on any atom is 0.251 e. The van der Waals surface area contributed by atoms with E-state index in [0.29, 0.717) is 23.4 Å². The Kier molecular flexibility index (Phi) is 6.84. The number of H-pyrrole nitrogens is 1. The zero-order chi connectivity index (χ0) is 21.9. The van der Waals surface area contributed by atoms with Crippen LogP contribution in [0.5, 0.6) is 0 Å². The molecular weight excluding hydrogens is 420 g/mol. The van der Waals surface area contributed by atoms with Gasteiger partial charge in [-0.3, -0.25) is 4.79 Å². The van der Waals surface area contributed by atoms with E-state index < -0.39 is 10.0 Å². The van der Waals surface area contributed by atoms with Crippen LogP contribution < -0.4 is 10.0 Å². The molecule has 30 heavy (non-hydrogen) atoms. The molecule has 0 aliphatic carbocycles. The van der Waals surface area contributed by atoms with Gasteiger partial charge >= 0.3 is 0 Å². The number of rotatable bonds is 8. The number of nitrogens with one attached hydrogen (secondary N) is 3. The highest BCUT2D eigenvalue weighted by Crippen LogP contribution is 2.23. The molecule has 0 saturated heterocycles. The molecule has 1 amide bonds. The Bertz CT molecular complexity index is 1140. The van der Waals surface area contributed by atoms with E-state index in [1.165, 1.54) is 13.1 Å². The van der Waals surface area contributed by atoms with Gasteiger partial charge in [0, 0.05) is 5.56 Å². The highest BCUT2D eigenvalue weighted by molar-refractivity contribution is 7.98. The summed E-state index contributed by atoms with van der Waals surface area (Å²) in [6, 6.07) is 10.5. The fourth-order valence-electron chi connectivity index (χ4n) is 3.24. The number of sulfonamides is 1. The van der Waals surface area contributed by atoms with E-state index in [1.807, 2.05) is 30.5 Å². The van der Waals surface area contributed by atoms with Crippen molar-refractivity contribution < 1.29 is 13.2 Å². The van der Waals surface area contributed by atoms with Gasteiger partial charge in [-0.2, -0.15) is 11.8 Å². The lowest BCUT2D eigenvalue weighted by molar-refractivity contribution is 0.0934. The topological polar surface area (TPSA) is 104 Å². The fourth-order valence-corrected chi connectivity index (χ4v) is 4.78. The minimum atomic E-state index is -3.67. The summed E-state index contributed by atoms with van der Waals surface area (Å²) in [6.07, 6.45) is 2.70. The van der Waals surface area contributed by atoms with Crippen LogP contribution in [0.1, 0.15) is 39.8 Å². The standard InChI is InChI=1S/C21H26N4O3S2/c1-13-11-15(12-19(14(13)2)30(27,28)22-3)21(26)25-18(9-10-29-4)20-23-16-7-5-6-8-17(16)24-20/h5-8,11-12,18,22H,9-10H2,1-4H3,(H,23,24)(H,25,26). The number of hydrogen-bond donors (Lipinski definition) is 3. The average Bonchev–Trinajstić information content (AvgIpc) is 3.16. The van der Waals surface area contributed by atoms with Crippen LogP contribution in [-0.4, -0.2) is 43.3 Å². The van der Waals surface area contributed by atoms with Crippen LogP contribution in [0.15, 0.2) is 41.3 Å². The van der Waals surface area contributed by atoms with Gasteiger partial charge in [-0.1, -0.05) is 12.1 Å². The maximum atomic E-state index is 13.1. The Labute approximate surface area is 181 Å². The van der Waals surface area contributed by atoms with Gasteiger partial charge in [-0.25, -0.2) is 18.1 Å². The van der Waals surface area contributed by atoms with Gasteiger partial charge in [0.05, 0.1) is 22.0 Å². The molecule has 1 heterocycles. The Hall–Kier alpha value is -2.36. The van der Waals surface area contributed by atoms with Gasteiger partial charge in [0.15, 0.2) is 0 Å². The van der Waals surface area contributed by atoms with Crippen LogP contribution in [0.3, 0.4) is 0 Å². The van der Waals surface area contributed by atoms with Gasteiger partial charge < -0.3 is 10.3 Å². The molecule has 1 atom stereocenters. The molecule has 1 aromatic heterocycles. The molecular formula is C21H26N4O3S2. The predicted molar refractivity (Wildman–Crippen MR) is 121 cm³/mol. The lowest BCUT2D eigenvalue weighted by atomic mass is 10.1. The first-order valence-electron chi connectivity index (χ1n) is 9.56. The number of aromatic amines is 1. The minimum absolute atomic E-state index is 0.111. The van der Waals surface area contributed by atoms with E-state index in [1.54, 1.807) is 31.7 Å². The number of benzene rings is 2. The number of aromatic nitrogens is 2. The van der Waals surface area contributed by atoms with E-state index in [4.69, 9.17) is 0 Å². The van der Waals surface area contributed by atoms with Crippen molar-refractivity contribution in [3.8, 4) is 0 Å². The molecule has 2 aromatic carbocycles. The number of hydrogen-bond acceptors (Lipinski definition) is 5. The fraction of sp³-hybridized carbons (Fsp3) is 0.333. The lowest BCUT2D eigenvalue weighted by Gasteiger charge is -2.18. The number of carbonyl (C=O) groups excluding carboxylic acids is 1. The highest BCUT2D eigenvalue weighted by Gasteiger charge is 2.22. The van der Waals surface area contributed by atoms with E-state index >= 15 is 0 Å². The van der Waals surface area contributed by atoms with Gasteiger partial charge in [-0.05, 0) is 74.7 Å². The van der Waals surface area contributed by atoms with Crippen LogP contribution in [0, 0.1) is 13.8 Å². The largest absolute Gasteiger partial charge is 0.342 e. The van der Waals surface area contributed by atoms with Crippen LogP contribution in [0.4, 0.5) is 0 Å². The summed E-state index contributed by atoms with van der Waals surface area (Å²) in [5, 5.41) is 3.03. The Morgan fingerprint density at radius 2 is 1.97 bits per heavy atom. The van der Waals surface area contributed by atoms with E-state index in [-0.39, 0.29) is 16.8 Å². The smallest absolute Gasteiger partial charge is 0.251 e. The molecule has 3 rings (SSSR count). The normalized spacial score (nSPS) is 12.8. The second kappa shape index (κ2) is 9.20. The summed E-state index contributed by atoms with van der Waals surface area (Å²) in [4.78, 5) is 21.1. The predicted octanol–water partition coefficient (Wildman–Crippen LogP) is 3.31. The Balaban J connectivity index is 1.94. The third-order valence-corrected chi connectivity index (χ3v) is 7.28. The molecule has 9 heteroatoms. The van der Waals surface area contributed by atoms with Crippen molar-refractivity contribution in [1.82, 2.24) is 20.0 Å². The highest BCUT2D eigenvalue weighted by atomic mass is 32.2. The van der Waals surface area contributed by atoms with Crippen LogP contribution >= 0.6 is 11.8 Å². The van der Waals surface area contributed by atoms with Crippen LogP contribution in [0.2, 0.25) is 0 Å². The number of para-hydroxylation sites is 2. The van der Waals surface area contributed by atoms with E-state index in [0.717, 1.165) is 22.3 Å². The van der Waals surface area contributed by atoms with Gasteiger partial charge in [0.1, 0.15) is 5.82 Å². The first kappa shape index (κ1) is 22.3. The number of amides is 1. The number of imidazole rings is 1. The number of carbonyl (C=O) groups is 1. The van der Waals surface area contributed by atoms with Gasteiger partial charge in [0.2, 0.25) is 10.0 Å². The first-order valence-corrected chi connectivity index (χ1v) is 12.4. The molecule has 0 aliphatic heterocycles. The van der Waals surface area contributed by atoms with Crippen molar-refractivity contribution in [2.24, 2.45) is 0 Å². The quantitative estimate of drug-likeness (QED) is 0.492. The molecule has 0 radical (unpaired) electrons. The Morgan fingerprint density at radius 3 is 2.63 bits per heavy atom. The number of fused-ring (bicyclic) bond motifs is 1. The summed E-state index contributed by atoms with van der Waals surface area (Å²) < 4.78 is 27.1. The molecule has 3 N–H and O–H groups in total. The summed E-state index contributed by atoms with van der Waals surface area (Å²) in [7, 11) is -2.31. The molecule has 7 nitrogen and oxygen atoms in total. The van der Waals surface area contributed by atoms with E-state index in [9.17, 15) is 13.2 Å². The second-order valence-electron chi connectivity index (χ2n) is 7.07. The molecule has 0 fully saturated rings. The maximum absolute atomic E-state index is 13.1. The van der Waals surface area contributed by atoms with E-state index in [2.05, 4.69) is 20.0 Å². The zero-order valence-electron chi connectivity index (χ0n) is 17.4. The van der Waals surface area contributed by atoms with Crippen molar-refractivity contribution in [3.05, 3.63) is 58.9 Å².